The molecule has 2 N–H and O–H groups in total. The standard InChI is InChI=1S/C8H15NO4S/c1-12-7(10)3-2-6(9)8(11)13-4-5-14/h6,14H,2-5,9H2,1H3/t6-/m0/s1. The van der Waals surface area contributed by atoms with Crippen LogP contribution in [0, 0.1) is 0 Å². The SMILES string of the molecule is COC(=O)CC[C@H](N)C(=O)OCCS. The average molecular weight is 221 g/mol. The van der Waals surface area contributed by atoms with Crippen LogP contribution in [0.15, 0.2) is 0 Å². The van der Waals surface area contributed by atoms with Crippen molar-refractivity contribution in [2.75, 3.05) is 19.5 Å². The van der Waals surface area contributed by atoms with Gasteiger partial charge >= 0.3 is 11.9 Å². The van der Waals surface area contributed by atoms with Crippen molar-refractivity contribution < 1.29 is 19.1 Å². The third-order valence-corrected chi connectivity index (χ3v) is 1.71. The van der Waals surface area contributed by atoms with Gasteiger partial charge in [0.05, 0.1) is 7.11 Å². The van der Waals surface area contributed by atoms with E-state index in [0.29, 0.717) is 5.75 Å². The Morgan fingerprint density at radius 3 is 2.64 bits per heavy atom. The summed E-state index contributed by atoms with van der Waals surface area (Å²) in [5.74, 6) is -0.444. The molecular weight excluding hydrogens is 206 g/mol. The molecule has 0 aromatic carbocycles. The minimum Gasteiger partial charge on any atom is -0.469 e. The molecule has 14 heavy (non-hydrogen) atoms. The predicted octanol–water partition coefficient (Wildman–Crippen LogP) is -0.260. The van der Waals surface area contributed by atoms with Crippen molar-refractivity contribution in [2.24, 2.45) is 5.73 Å². The van der Waals surface area contributed by atoms with E-state index in [0.717, 1.165) is 0 Å². The first-order valence-corrected chi connectivity index (χ1v) is 4.85. The van der Waals surface area contributed by atoms with Gasteiger partial charge in [0.1, 0.15) is 12.6 Å². The van der Waals surface area contributed by atoms with Crippen molar-refractivity contribution in [3.05, 3.63) is 0 Å². The van der Waals surface area contributed by atoms with Crippen molar-refractivity contribution in [3.63, 3.8) is 0 Å². The van der Waals surface area contributed by atoms with Crippen molar-refractivity contribution in [3.8, 4) is 0 Å². The molecule has 0 unspecified atom stereocenters. The molecule has 0 aromatic rings. The number of carbonyl (C=O) groups excluding carboxylic acids is 2. The van der Waals surface area contributed by atoms with Gasteiger partial charge in [-0.1, -0.05) is 0 Å². The monoisotopic (exact) mass is 221 g/mol. The van der Waals surface area contributed by atoms with Crippen LogP contribution in [-0.2, 0) is 19.1 Å². The maximum Gasteiger partial charge on any atom is 0.322 e. The van der Waals surface area contributed by atoms with Gasteiger partial charge in [-0.05, 0) is 6.42 Å². The first-order valence-electron chi connectivity index (χ1n) is 4.21. The highest BCUT2D eigenvalue weighted by atomic mass is 32.1. The highest BCUT2D eigenvalue weighted by Gasteiger charge is 2.16. The fraction of sp³-hybridized carbons (Fsp3) is 0.750. The predicted molar refractivity (Wildman–Crippen MR) is 54.0 cm³/mol. The van der Waals surface area contributed by atoms with E-state index in [1.807, 2.05) is 0 Å². The molecule has 0 amide bonds. The highest BCUT2D eigenvalue weighted by Crippen LogP contribution is 1.98. The molecular formula is C8H15NO4S. The number of esters is 2. The molecule has 0 aliphatic rings. The molecule has 0 heterocycles. The molecule has 0 saturated carbocycles. The van der Waals surface area contributed by atoms with E-state index in [1.54, 1.807) is 0 Å². The number of thiol groups is 1. The van der Waals surface area contributed by atoms with Crippen LogP contribution in [0.2, 0.25) is 0 Å². The van der Waals surface area contributed by atoms with Crippen LogP contribution in [0.1, 0.15) is 12.8 Å². The fourth-order valence-corrected chi connectivity index (χ4v) is 0.838. The van der Waals surface area contributed by atoms with Crippen LogP contribution in [0.3, 0.4) is 0 Å². The van der Waals surface area contributed by atoms with Gasteiger partial charge < -0.3 is 15.2 Å². The third kappa shape index (κ3) is 5.82. The van der Waals surface area contributed by atoms with Gasteiger partial charge in [-0.25, -0.2) is 0 Å². The van der Waals surface area contributed by atoms with E-state index < -0.39 is 12.0 Å². The molecule has 0 spiro atoms. The minimum absolute atomic E-state index is 0.119. The van der Waals surface area contributed by atoms with Gasteiger partial charge in [-0.3, -0.25) is 9.59 Å². The van der Waals surface area contributed by atoms with Gasteiger partial charge in [0.25, 0.3) is 0 Å². The van der Waals surface area contributed by atoms with E-state index in [1.165, 1.54) is 7.11 Å². The Morgan fingerprint density at radius 2 is 2.14 bits per heavy atom. The van der Waals surface area contributed by atoms with E-state index in [-0.39, 0.29) is 25.4 Å². The first-order chi connectivity index (χ1) is 6.61. The Labute approximate surface area is 88.3 Å². The lowest BCUT2D eigenvalue weighted by Crippen LogP contribution is -2.33. The molecule has 6 heteroatoms. The summed E-state index contributed by atoms with van der Waals surface area (Å²) in [6.45, 7) is 0.230. The Kier molecular flexibility index (Phi) is 7.23. The van der Waals surface area contributed by atoms with Crippen LogP contribution in [-0.4, -0.2) is 37.4 Å². The smallest absolute Gasteiger partial charge is 0.322 e. The van der Waals surface area contributed by atoms with Crippen LogP contribution < -0.4 is 5.73 Å². The lowest BCUT2D eigenvalue weighted by Gasteiger charge is -2.09. The summed E-state index contributed by atoms with van der Waals surface area (Å²) < 4.78 is 9.13. The second-order valence-corrected chi connectivity index (χ2v) is 3.06. The summed E-state index contributed by atoms with van der Waals surface area (Å²) in [6.07, 6.45) is 0.353. The van der Waals surface area contributed by atoms with Crippen LogP contribution in [0.25, 0.3) is 0 Å². The molecule has 0 aliphatic carbocycles. The van der Waals surface area contributed by atoms with E-state index in [4.69, 9.17) is 10.5 Å². The second kappa shape index (κ2) is 7.64. The van der Waals surface area contributed by atoms with Gasteiger partial charge in [-0.15, -0.1) is 0 Å². The van der Waals surface area contributed by atoms with Gasteiger partial charge in [0.15, 0.2) is 0 Å². The number of rotatable bonds is 6. The van der Waals surface area contributed by atoms with Gasteiger partial charge in [0, 0.05) is 12.2 Å². The number of nitrogens with two attached hydrogens (primary N) is 1. The second-order valence-electron chi connectivity index (χ2n) is 2.61. The first kappa shape index (κ1) is 13.2. The topological polar surface area (TPSA) is 78.6 Å². The van der Waals surface area contributed by atoms with Crippen molar-refractivity contribution in [1.29, 1.82) is 0 Å². The molecule has 82 valence electrons. The minimum atomic E-state index is -0.769. The molecule has 0 aromatic heterocycles. The summed E-state index contributed by atoms with van der Waals surface area (Å²) in [4.78, 5) is 21.8. The summed E-state index contributed by atoms with van der Waals surface area (Å²) in [6, 6.07) is -0.769. The summed E-state index contributed by atoms with van der Waals surface area (Å²) in [7, 11) is 1.28. The number of carbonyl (C=O) groups is 2. The Morgan fingerprint density at radius 1 is 1.50 bits per heavy atom. The number of ether oxygens (including phenoxy) is 2. The number of hydrogen-bond donors (Lipinski definition) is 2. The number of methoxy groups -OCH3 is 1. The van der Waals surface area contributed by atoms with Crippen molar-refractivity contribution >= 4 is 24.6 Å². The Bertz CT molecular complexity index is 198. The quantitative estimate of drug-likeness (QED) is 0.477. The fourth-order valence-electron chi connectivity index (χ4n) is 0.747. The molecule has 0 rings (SSSR count). The molecule has 0 bridgehead atoms. The zero-order chi connectivity index (χ0) is 11.0. The van der Waals surface area contributed by atoms with Gasteiger partial charge in [-0.2, -0.15) is 12.6 Å². The summed E-state index contributed by atoms with van der Waals surface area (Å²) in [5.41, 5.74) is 5.45. The average Bonchev–Trinajstić information content (AvgIpc) is 2.21. The van der Waals surface area contributed by atoms with E-state index in [9.17, 15) is 9.59 Å². The normalized spacial score (nSPS) is 11.9. The van der Waals surface area contributed by atoms with Crippen LogP contribution in [0.5, 0.6) is 0 Å². The van der Waals surface area contributed by atoms with Gasteiger partial charge in [0.2, 0.25) is 0 Å². The molecule has 0 saturated heterocycles. The highest BCUT2D eigenvalue weighted by molar-refractivity contribution is 7.80. The lowest BCUT2D eigenvalue weighted by molar-refractivity contribution is -0.145. The maximum atomic E-state index is 11.1. The van der Waals surface area contributed by atoms with Crippen molar-refractivity contribution in [2.45, 2.75) is 18.9 Å². The molecule has 1 atom stereocenters. The Balaban J connectivity index is 3.66. The maximum absolute atomic E-state index is 11.1. The largest absolute Gasteiger partial charge is 0.469 e. The summed E-state index contributed by atoms with van der Waals surface area (Å²) in [5, 5.41) is 0. The number of hydrogen-bond acceptors (Lipinski definition) is 6. The molecule has 5 nitrogen and oxygen atoms in total. The molecule has 0 fully saturated rings. The Hall–Kier alpha value is -0.750. The van der Waals surface area contributed by atoms with Crippen LogP contribution >= 0.6 is 12.6 Å². The van der Waals surface area contributed by atoms with E-state index >= 15 is 0 Å². The molecule has 0 aliphatic heterocycles. The van der Waals surface area contributed by atoms with Crippen LogP contribution in [0.4, 0.5) is 0 Å². The van der Waals surface area contributed by atoms with Crippen molar-refractivity contribution in [1.82, 2.24) is 0 Å². The zero-order valence-corrected chi connectivity index (χ0v) is 8.96. The van der Waals surface area contributed by atoms with E-state index in [2.05, 4.69) is 17.4 Å². The summed E-state index contributed by atoms with van der Waals surface area (Å²) >= 11 is 3.87. The third-order valence-electron chi connectivity index (χ3n) is 1.53. The molecule has 0 radical (unpaired) electrons. The lowest BCUT2D eigenvalue weighted by atomic mass is 10.2. The zero-order valence-electron chi connectivity index (χ0n) is 8.06.